The normalized spacial score (nSPS) is 24.9. The molecule has 2 amide bonds. The van der Waals surface area contributed by atoms with Crippen LogP contribution >= 0.6 is 24.8 Å². The first kappa shape index (κ1) is 22.4. The molecular weight excluding hydrogens is 367 g/mol. The minimum absolute atomic E-state index is 0. The summed E-state index contributed by atoms with van der Waals surface area (Å²) < 4.78 is 5.39. The molecule has 1 atom stereocenters. The molecule has 3 aliphatic rings. The van der Waals surface area contributed by atoms with Crippen LogP contribution in [0.25, 0.3) is 0 Å². The molecule has 7 nitrogen and oxygen atoms in total. The number of ether oxygens (including phenoxy) is 1. The highest BCUT2D eigenvalue weighted by Crippen LogP contribution is 2.10. The zero-order valence-electron chi connectivity index (χ0n) is 14.7. The monoisotopic (exact) mass is 396 g/mol. The molecule has 3 rings (SSSR count). The zero-order valence-corrected chi connectivity index (χ0v) is 16.3. The van der Waals surface area contributed by atoms with E-state index in [1.54, 1.807) is 0 Å². The lowest BCUT2D eigenvalue weighted by atomic mass is 10.2. The van der Waals surface area contributed by atoms with Gasteiger partial charge in [-0.25, -0.2) is 0 Å². The summed E-state index contributed by atoms with van der Waals surface area (Å²) in [5, 5.41) is 3.23. The van der Waals surface area contributed by atoms with Crippen LogP contribution in [0.1, 0.15) is 19.3 Å². The van der Waals surface area contributed by atoms with Gasteiger partial charge in [0.15, 0.2) is 0 Å². The van der Waals surface area contributed by atoms with Crippen molar-refractivity contribution in [3.8, 4) is 0 Å². The van der Waals surface area contributed by atoms with Crippen LogP contribution in [0, 0.1) is 0 Å². The van der Waals surface area contributed by atoms with E-state index in [1.165, 1.54) is 0 Å². The van der Waals surface area contributed by atoms with Crippen molar-refractivity contribution in [2.45, 2.75) is 25.3 Å². The molecule has 0 saturated carbocycles. The summed E-state index contributed by atoms with van der Waals surface area (Å²) in [6, 6.07) is -0.207. The Morgan fingerprint density at radius 3 is 2.32 bits per heavy atom. The van der Waals surface area contributed by atoms with Crippen LogP contribution in [-0.4, -0.2) is 98.1 Å². The average Bonchev–Trinajstić information content (AvgIpc) is 3.03. The van der Waals surface area contributed by atoms with Crippen LogP contribution in [0.3, 0.4) is 0 Å². The Hall–Kier alpha value is -0.600. The highest BCUT2D eigenvalue weighted by Gasteiger charge is 2.28. The lowest BCUT2D eigenvalue weighted by Crippen LogP contribution is -2.53. The van der Waals surface area contributed by atoms with Crippen molar-refractivity contribution < 1.29 is 14.3 Å². The van der Waals surface area contributed by atoms with Crippen molar-refractivity contribution in [3.05, 3.63) is 0 Å². The number of hydrogen-bond acceptors (Lipinski definition) is 5. The summed E-state index contributed by atoms with van der Waals surface area (Å²) in [5.41, 5.74) is 0. The first-order chi connectivity index (χ1) is 11.2. The standard InChI is InChI=1S/C16H28N4O3.2ClH/c21-15(19-6-1-2-7-19)12-18-5-3-8-20(10-9-18)16(22)14-13-23-11-4-17-14;;/h14,17H,1-13H2;2*1H. The van der Waals surface area contributed by atoms with E-state index in [0.717, 1.165) is 58.5 Å². The van der Waals surface area contributed by atoms with Crippen LogP contribution in [0.2, 0.25) is 0 Å². The fourth-order valence-electron chi connectivity index (χ4n) is 3.55. The molecule has 3 saturated heterocycles. The summed E-state index contributed by atoms with van der Waals surface area (Å²) in [5.74, 6) is 0.377. The van der Waals surface area contributed by atoms with E-state index in [9.17, 15) is 9.59 Å². The van der Waals surface area contributed by atoms with Gasteiger partial charge in [-0.2, -0.15) is 0 Å². The predicted octanol–water partition coefficient (Wildman–Crippen LogP) is -0.0249. The molecule has 1 unspecified atom stereocenters. The molecule has 0 aromatic heterocycles. The second kappa shape index (κ2) is 11.2. The van der Waals surface area contributed by atoms with Gasteiger partial charge in [0.05, 0.1) is 19.8 Å². The number of hydrogen-bond donors (Lipinski definition) is 1. The van der Waals surface area contributed by atoms with Gasteiger partial charge in [-0.3, -0.25) is 14.5 Å². The lowest BCUT2D eigenvalue weighted by molar-refractivity contribution is -0.136. The van der Waals surface area contributed by atoms with Crippen molar-refractivity contribution in [1.82, 2.24) is 20.0 Å². The highest BCUT2D eigenvalue weighted by molar-refractivity contribution is 5.85. The molecule has 25 heavy (non-hydrogen) atoms. The van der Waals surface area contributed by atoms with Gasteiger partial charge < -0.3 is 19.9 Å². The number of likely N-dealkylation sites (tertiary alicyclic amines) is 1. The van der Waals surface area contributed by atoms with Crippen LogP contribution < -0.4 is 5.32 Å². The summed E-state index contributed by atoms with van der Waals surface area (Å²) >= 11 is 0. The van der Waals surface area contributed by atoms with Crippen molar-refractivity contribution in [1.29, 1.82) is 0 Å². The lowest BCUT2D eigenvalue weighted by Gasteiger charge is -2.29. The van der Waals surface area contributed by atoms with Crippen molar-refractivity contribution in [3.63, 3.8) is 0 Å². The third-order valence-electron chi connectivity index (χ3n) is 4.94. The summed E-state index contributed by atoms with van der Waals surface area (Å²) in [7, 11) is 0. The van der Waals surface area contributed by atoms with E-state index in [4.69, 9.17) is 4.74 Å². The molecular formula is C16H30Cl2N4O3. The summed E-state index contributed by atoms with van der Waals surface area (Å²) in [6.07, 6.45) is 3.18. The Morgan fingerprint density at radius 1 is 0.920 bits per heavy atom. The van der Waals surface area contributed by atoms with Gasteiger partial charge in [0.1, 0.15) is 6.04 Å². The van der Waals surface area contributed by atoms with Crippen LogP contribution in [0.4, 0.5) is 0 Å². The van der Waals surface area contributed by atoms with E-state index in [1.807, 2.05) is 9.80 Å². The second-order valence-electron chi connectivity index (χ2n) is 6.62. The summed E-state index contributed by atoms with van der Waals surface area (Å²) in [6.45, 7) is 7.32. The second-order valence-corrected chi connectivity index (χ2v) is 6.62. The minimum Gasteiger partial charge on any atom is -0.378 e. The fraction of sp³-hybridized carbons (Fsp3) is 0.875. The average molecular weight is 397 g/mol. The molecule has 146 valence electrons. The first-order valence-electron chi connectivity index (χ1n) is 8.84. The van der Waals surface area contributed by atoms with Gasteiger partial charge in [-0.05, 0) is 19.3 Å². The van der Waals surface area contributed by atoms with E-state index in [2.05, 4.69) is 10.2 Å². The molecule has 3 fully saturated rings. The quantitative estimate of drug-likeness (QED) is 0.725. The Labute approximate surface area is 162 Å². The molecule has 9 heteroatoms. The number of carbonyl (C=O) groups is 2. The van der Waals surface area contributed by atoms with Crippen molar-refractivity contribution in [2.75, 3.05) is 65.6 Å². The van der Waals surface area contributed by atoms with Gasteiger partial charge in [0.2, 0.25) is 11.8 Å². The van der Waals surface area contributed by atoms with Gasteiger partial charge >= 0.3 is 0 Å². The number of rotatable bonds is 3. The van der Waals surface area contributed by atoms with Gasteiger partial charge in [-0.15, -0.1) is 24.8 Å². The Kier molecular flexibility index (Phi) is 10.0. The summed E-state index contributed by atoms with van der Waals surface area (Å²) in [4.78, 5) is 30.9. The minimum atomic E-state index is -0.207. The molecule has 0 spiro atoms. The Balaban J connectivity index is 0.00000156. The number of nitrogens with zero attached hydrogens (tertiary/aromatic N) is 3. The van der Waals surface area contributed by atoms with Gasteiger partial charge in [0, 0.05) is 45.8 Å². The zero-order chi connectivity index (χ0) is 16.1. The van der Waals surface area contributed by atoms with Crippen molar-refractivity contribution in [2.24, 2.45) is 0 Å². The van der Waals surface area contributed by atoms with E-state index in [0.29, 0.717) is 26.3 Å². The maximum Gasteiger partial charge on any atom is 0.242 e. The van der Waals surface area contributed by atoms with Crippen molar-refractivity contribution >= 4 is 36.6 Å². The molecule has 0 bridgehead atoms. The maximum atomic E-state index is 12.5. The Bertz CT molecular complexity index is 430. The maximum absolute atomic E-state index is 12.5. The molecule has 3 aliphatic heterocycles. The fourth-order valence-corrected chi connectivity index (χ4v) is 3.55. The van der Waals surface area contributed by atoms with Crippen LogP contribution in [0.15, 0.2) is 0 Å². The molecule has 0 aromatic rings. The number of morpholine rings is 1. The van der Waals surface area contributed by atoms with Crippen LogP contribution in [0.5, 0.6) is 0 Å². The van der Waals surface area contributed by atoms with E-state index >= 15 is 0 Å². The number of halogens is 2. The third-order valence-corrected chi connectivity index (χ3v) is 4.94. The number of nitrogens with one attached hydrogen (secondary N) is 1. The Morgan fingerprint density at radius 2 is 1.64 bits per heavy atom. The predicted molar refractivity (Wildman–Crippen MR) is 101 cm³/mol. The van der Waals surface area contributed by atoms with Gasteiger partial charge in [-0.1, -0.05) is 0 Å². The molecule has 3 heterocycles. The molecule has 0 aliphatic carbocycles. The number of amides is 2. The molecule has 1 N–H and O–H groups in total. The first-order valence-corrected chi connectivity index (χ1v) is 8.84. The smallest absolute Gasteiger partial charge is 0.242 e. The highest BCUT2D eigenvalue weighted by atomic mass is 35.5. The van der Waals surface area contributed by atoms with Crippen LogP contribution in [-0.2, 0) is 14.3 Å². The van der Waals surface area contributed by atoms with Gasteiger partial charge in [0.25, 0.3) is 0 Å². The third kappa shape index (κ3) is 6.25. The SMILES string of the molecule is Cl.Cl.O=C(CN1CCCN(C(=O)C2COCCN2)CC1)N1CCCC1. The van der Waals surface area contributed by atoms with E-state index in [-0.39, 0.29) is 42.7 Å². The van der Waals surface area contributed by atoms with E-state index < -0.39 is 0 Å². The number of carbonyl (C=O) groups excluding carboxylic acids is 2. The molecule has 0 aromatic carbocycles. The molecule has 0 radical (unpaired) electrons. The topological polar surface area (TPSA) is 65.1 Å². The largest absolute Gasteiger partial charge is 0.378 e.